The number of hydrogen-bond donors (Lipinski definition) is 1. The Balaban J connectivity index is 1.97. The van der Waals surface area contributed by atoms with Gasteiger partial charge in [0.05, 0.1) is 17.8 Å². The number of aliphatic hydroxyl groups is 1. The lowest BCUT2D eigenvalue weighted by Crippen LogP contribution is -2.17. The molecule has 2 aromatic carbocycles. The van der Waals surface area contributed by atoms with E-state index in [2.05, 4.69) is 9.84 Å². The number of nitrogens with zero attached hydrogens (tertiary/aromatic N) is 2. The van der Waals surface area contributed by atoms with Crippen LogP contribution in [0.25, 0.3) is 10.9 Å². The van der Waals surface area contributed by atoms with E-state index in [9.17, 15) is 17.6 Å². The van der Waals surface area contributed by atoms with Gasteiger partial charge in [0, 0.05) is 28.6 Å². The van der Waals surface area contributed by atoms with Crippen molar-refractivity contribution in [2.24, 2.45) is 0 Å². The summed E-state index contributed by atoms with van der Waals surface area (Å²) >= 11 is 5.78. The third kappa shape index (κ3) is 5.61. The highest BCUT2D eigenvalue weighted by Crippen LogP contribution is 2.29. The van der Waals surface area contributed by atoms with Crippen LogP contribution in [-0.4, -0.2) is 27.9 Å². The Hall–Kier alpha value is -2.32. The van der Waals surface area contributed by atoms with E-state index in [1.165, 1.54) is 35.0 Å². The molecule has 29 heavy (non-hydrogen) atoms. The topological polar surface area (TPSA) is 47.3 Å². The highest BCUT2D eigenvalue weighted by molar-refractivity contribution is 6.30. The van der Waals surface area contributed by atoms with Crippen molar-refractivity contribution in [2.45, 2.75) is 38.6 Å². The van der Waals surface area contributed by atoms with Gasteiger partial charge in [-0.25, -0.2) is 4.39 Å². The minimum atomic E-state index is -4.81. The number of alkyl halides is 3. The van der Waals surface area contributed by atoms with Crippen LogP contribution in [0, 0.1) is 5.82 Å². The molecule has 3 aromatic rings. The summed E-state index contributed by atoms with van der Waals surface area (Å²) in [7, 11) is 0. The molecule has 0 saturated heterocycles. The molecule has 0 spiro atoms. The summed E-state index contributed by atoms with van der Waals surface area (Å²) in [6.07, 6.45) is -1.99. The largest absolute Gasteiger partial charge is 0.573 e. The van der Waals surface area contributed by atoms with Crippen LogP contribution in [0.4, 0.5) is 17.6 Å². The van der Waals surface area contributed by atoms with Gasteiger partial charge in [0.1, 0.15) is 11.6 Å². The fourth-order valence-corrected chi connectivity index (χ4v) is 3.28. The van der Waals surface area contributed by atoms with Gasteiger partial charge in [0.25, 0.3) is 0 Å². The van der Waals surface area contributed by atoms with Gasteiger partial charge in [-0.05, 0) is 43.5 Å². The smallest absolute Gasteiger partial charge is 0.406 e. The molecule has 0 bridgehead atoms. The number of halogens is 5. The number of aryl methyl sites for hydroxylation is 1. The number of rotatable bonds is 8. The molecule has 1 aromatic heterocycles. The highest BCUT2D eigenvalue weighted by Gasteiger charge is 2.31. The summed E-state index contributed by atoms with van der Waals surface area (Å²) in [6, 6.07) is 8.25. The van der Waals surface area contributed by atoms with E-state index in [1.54, 1.807) is 6.07 Å². The van der Waals surface area contributed by atoms with Crippen LogP contribution in [0.1, 0.15) is 30.5 Å². The van der Waals surface area contributed by atoms with Crippen molar-refractivity contribution in [3.63, 3.8) is 0 Å². The standard InChI is InChI=1S/C20H19ClF4N2O2/c21-14-6-5-13(17(22)10-14)12-27-19-11-15(29-20(23,24)25)7-8-16(19)18(26-27)4-2-1-3-9-28/h5-8,10-11,28H,1-4,9,12H2. The maximum Gasteiger partial charge on any atom is 0.573 e. The molecular weight excluding hydrogens is 412 g/mol. The van der Waals surface area contributed by atoms with Crippen molar-refractivity contribution < 1.29 is 27.4 Å². The Labute approximate surface area is 169 Å². The molecule has 0 saturated carbocycles. The summed E-state index contributed by atoms with van der Waals surface area (Å²) in [5, 5.41) is 14.3. The number of hydrogen-bond acceptors (Lipinski definition) is 3. The van der Waals surface area contributed by atoms with Gasteiger partial charge in [-0.1, -0.05) is 24.1 Å². The van der Waals surface area contributed by atoms with E-state index in [0.717, 1.165) is 12.8 Å². The molecule has 0 aliphatic rings. The van der Waals surface area contributed by atoms with Crippen LogP contribution in [0.3, 0.4) is 0 Å². The van der Waals surface area contributed by atoms with Crippen molar-refractivity contribution in [1.29, 1.82) is 0 Å². The zero-order chi connectivity index (χ0) is 21.0. The fourth-order valence-electron chi connectivity index (χ4n) is 3.12. The summed E-state index contributed by atoms with van der Waals surface area (Å²) in [6.45, 7) is 0.134. The van der Waals surface area contributed by atoms with E-state index >= 15 is 0 Å². The van der Waals surface area contributed by atoms with E-state index in [1.807, 2.05) is 0 Å². The number of aromatic nitrogens is 2. The monoisotopic (exact) mass is 430 g/mol. The predicted octanol–water partition coefficient (Wildman–Crippen LogP) is 5.48. The van der Waals surface area contributed by atoms with E-state index in [4.69, 9.17) is 16.7 Å². The Morgan fingerprint density at radius 1 is 1.07 bits per heavy atom. The van der Waals surface area contributed by atoms with Crippen molar-refractivity contribution >= 4 is 22.5 Å². The van der Waals surface area contributed by atoms with Crippen molar-refractivity contribution in [1.82, 2.24) is 9.78 Å². The summed E-state index contributed by atoms with van der Waals surface area (Å²) < 4.78 is 57.5. The molecule has 0 aliphatic heterocycles. The number of ether oxygens (including phenoxy) is 1. The van der Waals surface area contributed by atoms with Crippen LogP contribution in [0.5, 0.6) is 5.75 Å². The Morgan fingerprint density at radius 2 is 1.86 bits per heavy atom. The van der Waals surface area contributed by atoms with Crippen LogP contribution in [0.15, 0.2) is 36.4 Å². The maximum atomic E-state index is 14.2. The van der Waals surface area contributed by atoms with Crippen LogP contribution < -0.4 is 4.74 Å². The molecule has 1 N–H and O–H groups in total. The van der Waals surface area contributed by atoms with E-state index in [0.29, 0.717) is 35.0 Å². The second-order valence-corrected chi connectivity index (χ2v) is 7.04. The molecule has 0 aliphatic carbocycles. The summed E-state index contributed by atoms with van der Waals surface area (Å²) in [5.41, 5.74) is 1.43. The third-order valence-electron chi connectivity index (χ3n) is 4.44. The minimum absolute atomic E-state index is 0.0333. The molecule has 156 valence electrons. The molecule has 0 atom stereocenters. The molecule has 4 nitrogen and oxygen atoms in total. The van der Waals surface area contributed by atoms with Crippen molar-refractivity contribution in [3.8, 4) is 5.75 Å². The van der Waals surface area contributed by atoms with Gasteiger partial charge in [-0.2, -0.15) is 5.10 Å². The van der Waals surface area contributed by atoms with Gasteiger partial charge in [-0.15, -0.1) is 13.2 Å². The first-order valence-corrected chi connectivity index (χ1v) is 9.44. The average Bonchev–Trinajstić information content (AvgIpc) is 2.97. The average molecular weight is 431 g/mol. The normalized spacial score (nSPS) is 11.9. The summed E-state index contributed by atoms with van der Waals surface area (Å²) in [5.74, 6) is -0.886. The maximum absolute atomic E-state index is 14.2. The molecule has 1 heterocycles. The number of aliphatic hydroxyl groups excluding tert-OH is 1. The molecule has 9 heteroatoms. The van der Waals surface area contributed by atoms with Gasteiger partial charge < -0.3 is 9.84 Å². The number of fused-ring (bicyclic) bond motifs is 1. The zero-order valence-electron chi connectivity index (χ0n) is 15.3. The quantitative estimate of drug-likeness (QED) is 0.380. The van der Waals surface area contributed by atoms with Crippen LogP contribution in [-0.2, 0) is 13.0 Å². The lowest BCUT2D eigenvalue weighted by Gasteiger charge is -2.10. The van der Waals surface area contributed by atoms with Crippen LogP contribution >= 0.6 is 11.6 Å². The zero-order valence-corrected chi connectivity index (χ0v) is 16.1. The van der Waals surface area contributed by atoms with Gasteiger partial charge in [0.2, 0.25) is 0 Å². The van der Waals surface area contributed by atoms with Gasteiger partial charge in [-0.3, -0.25) is 4.68 Å². The van der Waals surface area contributed by atoms with E-state index in [-0.39, 0.29) is 23.9 Å². The molecule has 0 fully saturated rings. The Bertz CT molecular complexity index is 989. The van der Waals surface area contributed by atoms with Gasteiger partial charge in [0.15, 0.2) is 0 Å². The molecular formula is C20H19ClF4N2O2. The first-order valence-electron chi connectivity index (χ1n) is 9.07. The van der Waals surface area contributed by atoms with E-state index < -0.39 is 12.2 Å². The molecule has 0 amide bonds. The molecule has 3 rings (SSSR count). The molecule has 0 radical (unpaired) electrons. The molecule has 0 unspecified atom stereocenters. The van der Waals surface area contributed by atoms with Gasteiger partial charge >= 0.3 is 6.36 Å². The summed E-state index contributed by atoms with van der Waals surface area (Å²) in [4.78, 5) is 0. The van der Waals surface area contributed by atoms with Crippen molar-refractivity contribution in [3.05, 3.63) is 58.5 Å². The lowest BCUT2D eigenvalue weighted by atomic mass is 10.1. The Morgan fingerprint density at radius 3 is 2.55 bits per heavy atom. The van der Waals surface area contributed by atoms with Crippen LogP contribution in [0.2, 0.25) is 5.02 Å². The lowest BCUT2D eigenvalue weighted by molar-refractivity contribution is -0.274. The number of benzene rings is 2. The minimum Gasteiger partial charge on any atom is -0.406 e. The first-order chi connectivity index (χ1) is 13.8. The third-order valence-corrected chi connectivity index (χ3v) is 4.68. The second-order valence-electron chi connectivity index (χ2n) is 6.60. The SMILES string of the molecule is OCCCCCc1nn(Cc2ccc(Cl)cc2F)c2cc(OC(F)(F)F)ccc12. The Kier molecular flexibility index (Phi) is 6.64. The highest BCUT2D eigenvalue weighted by atomic mass is 35.5. The predicted molar refractivity (Wildman–Crippen MR) is 102 cm³/mol. The fraction of sp³-hybridized carbons (Fsp3) is 0.350. The first kappa shape index (κ1) is 21.4. The second kappa shape index (κ2) is 9.00. The van der Waals surface area contributed by atoms with Crippen molar-refractivity contribution in [2.75, 3.05) is 6.61 Å². The number of unbranched alkanes of at least 4 members (excludes halogenated alkanes) is 2.